The number of methoxy groups -OCH3 is 1. The van der Waals surface area contributed by atoms with E-state index < -0.39 is 10.1 Å². The minimum absolute atomic E-state index is 0.000135. The third-order valence-corrected chi connectivity index (χ3v) is 6.43. The Morgan fingerprint density at radius 2 is 1.91 bits per heavy atom. The predicted octanol–water partition coefficient (Wildman–Crippen LogP) is 2.06. The fraction of sp³-hybridized carbons (Fsp3) is 0.500. The molecule has 1 aliphatic carbocycles. The molecule has 10 nitrogen and oxygen atoms in total. The molecule has 11 heteroatoms. The number of nitrogens with one attached hydrogen (secondary N) is 1. The van der Waals surface area contributed by atoms with Gasteiger partial charge in [0.15, 0.2) is 5.52 Å². The van der Waals surface area contributed by atoms with Gasteiger partial charge >= 0.3 is 0 Å². The largest absolute Gasteiger partial charge is 0.497 e. The molecule has 1 N–H and O–H groups in total. The van der Waals surface area contributed by atoms with Gasteiger partial charge < -0.3 is 9.72 Å². The summed E-state index contributed by atoms with van der Waals surface area (Å²) in [6.07, 6.45) is 7.03. The lowest BCUT2D eigenvalue weighted by molar-refractivity contribution is 0.196. The molecule has 1 saturated carbocycles. The first kappa shape index (κ1) is 23.4. The maximum atomic E-state index is 12.7. The summed E-state index contributed by atoms with van der Waals surface area (Å²) in [5.41, 5.74) is 1.20. The highest BCUT2D eigenvalue weighted by molar-refractivity contribution is 7.85. The average molecular weight is 476 g/mol. The van der Waals surface area contributed by atoms with Gasteiger partial charge in [-0.3, -0.25) is 13.9 Å². The highest BCUT2D eigenvalue weighted by Gasteiger charge is 2.23. The van der Waals surface area contributed by atoms with Crippen molar-refractivity contribution in [1.82, 2.24) is 24.5 Å². The Hall–Kier alpha value is -2.76. The Morgan fingerprint density at radius 1 is 1.18 bits per heavy atom. The predicted molar refractivity (Wildman–Crippen MR) is 123 cm³/mol. The van der Waals surface area contributed by atoms with Crippen LogP contribution in [0.25, 0.3) is 5.52 Å². The lowest BCUT2D eigenvalue weighted by Gasteiger charge is -2.22. The van der Waals surface area contributed by atoms with Gasteiger partial charge in [-0.15, -0.1) is 0 Å². The number of nitrogens with zero attached hydrogens (tertiary/aromatic N) is 4. The van der Waals surface area contributed by atoms with Crippen molar-refractivity contribution in [2.45, 2.75) is 44.7 Å². The molecule has 0 radical (unpaired) electrons. The summed E-state index contributed by atoms with van der Waals surface area (Å²) in [7, 11) is -1.94. The molecule has 0 spiro atoms. The second kappa shape index (κ2) is 10.0. The van der Waals surface area contributed by atoms with E-state index in [4.69, 9.17) is 8.92 Å². The quantitative estimate of drug-likeness (QED) is 0.443. The molecule has 0 bridgehead atoms. The van der Waals surface area contributed by atoms with Crippen LogP contribution in [0.2, 0.25) is 0 Å². The normalized spacial score (nSPS) is 15.0. The highest BCUT2D eigenvalue weighted by atomic mass is 32.2. The van der Waals surface area contributed by atoms with E-state index >= 15 is 0 Å². The zero-order chi connectivity index (χ0) is 23.4. The van der Waals surface area contributed by atoms with Crippen LogP contribution in [0, 0.1) is 0 Å². The Morgan fingerprint density at radius 3 is 2.58 bits per heavy atom. The second-order valence-electron chi connectivity index (χ2n) is 8.38. The molecule has 0 saturated heterocycles. The van der Waals surface area contributed by atoms with Gasteiger partial charge in [-0.2, -0.15) is 13.5 Å². The number of benzene rings is 1. The standard InChI is InChI=1S/C22H29N5O5S/c1-31-18-9-7-16(8-10-18)14-26(11-12-32-33(2,29)30)15-20-24-22(28)19-13-23-21(27(19)25-20)17-5-3-4-6-17/h7-10,13,17H,3-6,11-12,14-15H2,1-2H3,(H,24,25,28). The molecule has 4 rings (SSSR count). The molecular weight excluding hydrogens is 446 g/mol. The van der Waals surface area contributed by atoms with E-state index in [9.17, 15) is 13.2 Å². The van der Waals surface area contributed by atoms with E-state index in [0.29, 0.717) is 36.9 Å². The summed E-state index contributed by atoms with van der Waals surface area (Å²) in [6.45, 7) is 1.16. The van der Waals surface area contributed by atoms with Gasteiger partial charge in [0.1, 0.15) is 17.4 Å². The fourth-order valence-electron chi connectivity index (χ4n) is 4.23. The minimum Gasteiger partial charge on any atom is -0.497 e. The van der Waals surface area contributed by atoms with E-state index in [2.05, 4.69) is 15.1 Å². The van der Waals surface area contributed by atoms with E-state index in [1.807, 2.05) is 29.2 Å². The van der Waals surface area contributed by atoms with Crippen molar-refractivity contribution >= 4 is 15.6 Å². The van der Waals surface area contributed by atoms with E-state index in [1.165, 1.54) is 0 Å². The molecular formula is C22H29N5O5S. The lowest BCUT2D eigenvalue weighted by atomic mass is 10.1. The monoisotopic (exact) mass is 475 g/mol. The maximum absolute atomic E-state index is 12.7. The van der Waals surface area contributed by atoms with Gasteiger partial charge in [-0.05, 0) is 30.5 Å². The molecule has 0 unspecified atom stereocenters. The van der Waals surface area contributed by atoms with Crippen LogP contribution in [0.5, 0.6) is 5.75 Å². The summed E-state index contributed by atoms with van der Waals surface area (Å²) in [5.74, 6) is 2.38. The van der Waals surface area contributed by atoms with Crippen molar-refractivity contribution < 1.29 is 17.3 Å². The van der Waals surface area contributed by atoms with E-state index in [0.717, 1.165) is 49.1 Å². The number of aromatic amines is 1. The number of hydrogen-bond donors (Lipinski definition) is 1. The molecule has 1 aromatic carbocycles. The Bertz CT molecular complexity index is 1250. The van der Waals surface area contributed by atoms with Gasteiger partial charge in [-0.25, -0.2) is 9.50 Å². The number of hydrogen-bond acceptors (Lipinski definition) is 8. The molecule has 0 amide bonds. The van der Waals surface area contributed by atoms with Gasteiger partial charge in [0.2, 0.25) is 0 Å². The molecule has 0 atom stereocenters. The summed E-state index contributed by atoms with van der Waals surface area (Å²) in [5, 5.41) is 4.68. The molecule has 2 heterocycles. The summed E-state index contributed by atoms with van der Waals surface area (Å²) in [6, 6.07) is 7.62. The van der Waals surface area contributed by atoms with Crippen molar-refractivity contribution in [2.24, 2.45) is 0 Å². The van der Waals surface area contributed by atoms with Crippen LogP contribution in [-0.4, -0.2) is 59.4 Å². The number of imidazole rings is 1. The van der Waals surface area contributed by atoms with Crippen LogP contribution in [0.1, 0.15) is 48.8 Å². The van der Waals surface area contributed by atoms with Crippen molar-refractivity contribution in [3.8, 4) is 5.75 Å². The van der Waals surface area contributed by atoms with Gasteiger partial charge in [0, 0.05) is 19.0 Å². The maximum Gasteiger partial charge on any atom is 0.276 e. The van der Waals surface area contributed by atoms with Crippen LogP contribution in [0.3, 0.4) is 0 Å². The third-order valence-electron chi connectivity index (χ3n) is 5.84. The molecule has 3 aromatic rings. The van der Waals surface area contributed by atoms with Crippen LogP contribution in [0.4, 0.5) is 0 Å². The van der Waals surface area contributed by atoms with E-state index in [1.54, 1.807) is 17.8 Å². The Balaban J connectivity index is 1.57. The minimum atomic E-state index is -3.55. The van der Waals surface area contributed by atoms with Crippen molar-refractivity contribution in [3.05, 3.63) is 58.0 Å². The number of rotatable bonds is 10. The van der Waals surface area contributed by atoms with Gasteiger partial charge in [-0.1, -0.05) is 25.0 Å². The topological polar surface area (TPSA) is 119 Å². The van der Waals surface area contributed by atoms with Crippen molar-refractivity contribution in [1.29, 1.82) is 0 Å². The van der Waals surface area contributed by atoms with Crippen LogP contribution in [0.15, 0.2) is 35.3 Å². The Labute approximate surface area is 192 Å². The number of aromatic nitrogens is 4. The van der Waals surface area contributed by atoms with Crippen LogP contribution >= 0.6 is 0 Å². The van der Waals surface area contributed by atoms with Gasteiger partial charge in [0.05, 0.1) is 32.7 Å². The molecule has 0 aliphatic heterocycles. The Kier molecular flexibility index (Phi) is 7.11. The summed E-state index contributed by atoms with van der Waals surface area (Å²) >= 11 is 0. The molecule has 33 heavy (non-hydrogen) atoms. The smallest absolute Gasteiger partial charge is 0.276 e. The molecule has 1 fully saturated rings. The number of H-pyrrole nitrogens is 1. The summed E-state index contributed by atoms with van der Waals surface area (Å²) in [4.78, 5) is 22.0. The molecule has 178 valence electrons. The number of ether oxygens (including phenoxy) is 1. The first-order valence-corrected chi connectivity index (χ1v) is 12.8. The fourth-order valence-corrected chi connectivity index (χ4v) is 4.60. The second-order valence-corrected chi connectivity index (χ2v) is 10.0. The third kappa shape index (κ3) is 5.98. The lowest BCUT2D eigenvalue weighted by Crippen LogP contribution is -2.30. The van der Waals surface area contributed by atoms with Gasteiger partial charge in [0.25, 0.3) is 15.7 Å². The van der Waals surface area contributed by atoms with Crippen molar-refractivity contribution in [2.75, 3.05) is 26.5 Å². The zero-order valence-corrected chi connectivity index (χ0v) is 19.7. The SMILES string of the molecule is COc1ccc(CN(CCOS(C)(=O)=O)Cc2nn3c(C4CCCC4)ncc3c(=O)[nH]2)cc1. The van der Waals surface area contributed by atoms with E-state index in [-0.39, 0.29) is 12.2 Å². The number of fused-ring (bicyclic) bond motifs is 1. The first-order valence-electron chi connectivity index (χ1n) is 11.0. The van der Waals surface area contributed by atoms with Crippen LogP contribution < -0.4 is 10.3 Å². The van der Waals surface area contributed by atoms with Crippen molar-refractivity contribution in [3.63, 3.8) is 0 Å². The zero-order valence-electron chi connectivity index (χ0n) is 18.9. The average Bonchev–Trinajstić information content (AvgIpc) is 3.43. The first-order chi connectivity index (χ1) is 15.8. The molecule has 2 aromatic heterocycles. The molecule has 1 aliphatic rings. The summed E-state index contributed by atoms with van der Waals surface area (Å²) < 4.78 is 34.6. The highest BCUT2D eigenvalue weighted by Crippen LogP contribution is 2.32. The van der Waals surface area contributed by atoms with Crippen LogP contribution in [-0.2, 0) is 27.4 Å².